The smallest absolute Gasteiger partial charge is 0.338 e. The van der Waals surface area contributed by atoms with Gasteiger partial charge in [-0.25, -0.2) is 4.79 Å². The van der Waals surface area contributed by atoms with E-state index in [2.05, 4.69) is 12.2 Å². The van der Waals surface area contributed by atoms with Crippen molar-refractivity contribution in [3.05, 3.63) is 39.4 Å². The van der Waals surface area contributed by atoms with Crippen LogP contribution in [0.5, 0.6) is 0 Å². The Balaban J connectivity index is 2.05. The number of benzene rings is 1. The van der Waals surface area contributed by atoms with Gasteiger partial charge in [-0.05, 0) is 31.5 Å². The maximum atomic E-state index is 12.4. The Labute approximate surface area is 157 Å². The van der Waals surface area contributed by atoms with Crippen molar-refractivity contribution >= 4 is 40.9 Å². The third kappa shape index (κ3) is 5.97. The van der Waals surface area contributed by atoms with Gasteiger partial charge in [-0.15, -0.1) is 11.8 Å². The van der Waals surface area contributed by atoms with Gasteiger partial charge in [-0.1, -0.05) is 31.4 Å². The summed E-state index contributed by atoms with van der Waals surface area (Å²) in [5.41, 5.74) is 0.766. The van der Waals surface area contributed by atoms with Crippen LogP contribution in [0.4, 0.5) is 5.69 Å². The summed E-state index contributed by atoms with van der Waals surface area (Å²) in [4.78, 5) is 25.0. The molecule has 1 amide bonds. The molecule has 0 saturated carbocycles. The number of rotatable bonds is 7. The third-order valence-electron chi connectivity index (χ3n) is 3.55. The summed E-state index contributed by atoms with van der Waals surface area (Å²) in [5.74, 6) is 0.614. The SMILES string of the molecule is CCCCCOC(=O)c1cc(Cl)cc(NC(=O)C2=C(C)OCCS2)c1. The van der Waals surface area contributed by atoms with Crippen LogP contribution in [0.15, 0.2) is 28.9 Å². The van der Waals surface area contributed by atoms with Gasteiger partial charge in [-0.3, -0.25) is 4.79 Å². The fourth-order valence-corrected chi connectivity index (χ4v) is 3.35. The first-order valence-electron chi connectivity index (χ1n) is 8.26. The van der Waals surface area contributed by atoms with E-state index >= 15 is 0 Å². The molecular weight excluding hydrogens is 362 g/mol. The Morgan fingerprint density at radius 2 is 2.12 bits per heavy atom. The third-order valence-corrected chi connectivity index (χ3v) is 4.90. The van der Waals surface area contributed by atoms with E-state index in [-0.39, 0.29) is 5.91 Å². The van der Waals surface area contributed by atoms with Crippen LogP contribution >= 0.6 is 23.4 Å². The molecule has 2 rings (SSSR count). The zero-order valence-corrected chi connectivity index (χ0v) is 16.0. The topological polar surface area (TPSA) is 64.6 Å². The monoisotopic (exact) mass is 383 g/mol. The molecule has 1 aliphatic heterocycles. The molecule has 0 unspecified atom stereocenters. The molecule has 7 heteroatoms. The first-order chi connectivity index (χ1) is 12.0. The predicted molar refractivity (Wildman–Crippen MR) is 101 cm³/mol. The summed E-state index contributed by atoms with van der Waals surface area (Å²) < 4.78 is 10.6. The van der Waals surface area contributed by atoms with Crippen molar-refractivity contribution in [2.24, 2.45) is 0 Å². The van der Waals surface area contributed by atoms with E-state index in [0.717, 1.165) is 25.0 Å². The normalized spacial score (nSPS) is 14.0. The lowest BCUT2D eigenvalue weighted by Crippen LogP contribution is -2.18. The van der Waals surface area contributed by atoms with Crippen LogP contribution in [0.1, 0.15) is 43.5 Å². The van der Waals surface area contributed by atoms with Crippen molar-refractivity contribution in [1.82, 2.24) is 0 Å². The van der Waals surface area contributed by atoms with Crippen LogP contribution in [0.2, 0.25) is 5.02 Å². The van der Waals surface area contributed by atoms with Gasteiger partial charge in [0.1, 0.15) is 10.7 Å². The number of hydrogen-bond donors (Lipinski definition) is 1. The van der Waals surface area contributed by atoms with Gasteiger partial charge in [0.05, 0.1) is 18.8 Å². The van der Waals surface area contributed by atoms with Gasteiger partial charge in [0.25, 0.3) is 5.91 Å². The number of nitrogens with one attached hydrogen (secondary N) is 1. The second-order valence-electron chi connectivity index (χ2n) is 5.61. The number of amides is 1. The molecule has 0 radical (unpaired) electrons. The lowest BCUT2D eigenvalue weighted by molar-refractivity contribution is -0.112. The maximum Gasteiger partial charge on any atom is 0.338 e. The number of carbonyl (C=O) groups is 2. The van der Waals surface area contributed by atoms with E-state index in [1.165, 1.54) is 17.8 Å². The van der Waals surface area contributed by atoms with Crippen molar-refractivity contribution < 1.29 is 19.1 Å². The molecular formula is C18H22ClNO4S. The van der Waals surface area contributed by atoms with Crippen LogP contribution in [0, 0.1) is 0 Å². The van der Waals surface area contributed by atoms with Crippen LogP contribution in [0.25, 0.3) is 0 Å². The second kappa shape index (κ2) is 9.73. The Morgan fingerprint density at radius 1 is 1.32 bits per heavy atom. The van der Waals surface area contributed by atoms with Gasteiger partial charge < -0.3 is 14.8 Å². The quantitative estimate of drug-likeness (QED) is 0.549. The predicted octanol–water partition coefficient (Wildman–Crippen LogP) is 4.62. The summed E-state index contributed by atoms with van der Waals surface area (Å²) >= 11 is 7.52. The summed E-state index contributed by atoms with van der Waals surface area (Å²) in [6.07, 6.45) is 2.90. The number of thioether (sulfide) groups is 1. The average molecular weight is 384 g/mol. The minimum absolute atomic E-state index is 0.272. The number of esters is 1. The highest BCUT2D eigenvalue weighted by Crippen LogP contribution is 2.27. The van der Waals surface area contributed by atoms with Crippen LogP contribution in [-0.4, -0.2) is 30.8 Å². The number of anilines is 1. The van der Waals surface area contributed by atoms with E-state index in [9.17, 15) is 9.59 Å². The molecule has 136 valence electrons. The summed E-state index contributed by atoms with van der Waals surface area (Å²) in [7, 11) is 0. The number of halogens is 1. The first kappa shape index (κ1) is 19.7. The highest BCUT2D eigenvalue weighted by atomic mass is 35.5. The molecule has 1 aliphatic rings. The largest absolute Gasteiger partial charge is 0.496 e. The standard InChI is InChI=1S/C18H22ClNO4S/c1-3-4-5-6-24-18(22)13-9-14(19)11-15(10-13)20-17(21)16-12(2)23-7-8-25-16/h9-11H,3-8H2,1-2H3,(H,20,21). The van der Waals surface area contributed by atoms with E-state index < -0.39 is 5.97 Å². The zero-order valence-electron chi connectivity index (χ0n) is 14.4. The zero-order chi connectivity index (χ0) is 18.2. The minimum atomic E-state index is -0.445. The average Bonchev–Trinajstić information content (AvgIpc) is 2.58. The van der Waals surface area contributed by atoms with Crippen LogP contribution < -0.4 is 5.32 Å². The number of unbranched alkanes of at least 4 members (excludes halogenated alkanes) is 2. The highest BCUT2D eigenvalue weighted by molar-refractivity contribution is 8.04. The molecule has 5 nitrogen and oxygen atoms in total. The fourth-order valence-electron chi connectivity index (χ4n) is 2.30. The van der Waals surface area contributed by atoms with Crippen molar-refractivity contribution in [3.8, 4) is 0 Å². The molecule has 0 fully saturated rings. The van der Waals surface area contributed by atoms with Gasteiger partial charge in [0.15, 0.2) is 0 Å². The number of carbonyl (C=O) groups excluding carboxylic acids is 2. The fraction of sp³-hybridized carbons (Fsp3) is 0.444. The van der Waals surface area contributed by atoms with Crippen LogP contribution in [-0.2, 0) is 14.3 Å². The molecule has 25 heavy (non-hydrogen) atoms. The second-order valence-corrected chi connectivity index (χ2v) is 7.15. The molecule has 0 spiro atoms. The Kier molecular flexibility index (Phi) is 7.65. The van der Waals surface area contributed by atoms with Gasteiger partial charge in [0.2, 0.25) is 0 Å². The van der Waals surface area contributed by atoms with Gasteiger partial charge in [0, 0.05) is 16.5 Å². The minimum Gasteiger partial charge on any atom is -0.496 e. The van der Waals surface area contributed by atoms with Crippen molar-refractivity contribution in [2.45, 2.75) is 33.1 Å². The number of ether oxygens (including phenoxy) is 2. The van der Waals surface area contributed by atoms with E-state index in [0.29, 0.717) is 40.2 Å². The van der Waals surface area contributed by atoms with Crippen molar-refractivity contribution in [3.63, 3.8) is 0 Å². The Bertz CT molecular complexity index is 675. The lowest BCUT2D eigenvalue weighted by atomic mass is 10.2. The van der Waals surface area contributed by atoms with Crippen LogP contribution in [0.3, 0.4) is 0 Å². The number of hydrogen-bond acceptors (Lipinski definition) is 5. The van der Waals surface area contributed by atoms with Gasteiger partial charge >= 0.3 is 5.97 Å². The molecule has 0 aliphatic carbocycles. The molecule has 0 atom stereocenters. The Hall–Kier alpha value is -1.66. The molecule has 1 heterocycles. The summed E-state index contributed by atoms with van der Waals surface area (Å²) in [6, 6.07) is 4.69. The van der Waals surface area contributed by atoms with E-state index in [4.69, 9.17) is 21.1 Å². The summed E-state index contributed by atoms with van der Waals surface area (Å²) in [6.45, 7) is 4.82. The molecule has 0 saturated heterocycles. The maximum absolute atomic E-state index is 12.4. The first-order valence-corrected chi connectivity index (χ1v) is 9.63. The Morgan fingerprint density at radius 3 is 2.84 bits per heavy atom. The number of allylic oxidation sites excluding steroid dienone is 1. The molecule has 1 N–H and O–H groups in total. The van der Waals surface area contributed by atoms with Crippen molar-refractivity contribution in [1.29, 1.82) is 0 Å². The molecule has 0 aromatic heterocycles. The molecule has 1 aromatic rings. The summed E-state index contributed by atoms with van der Waals surface area (Å²) in [5, 5.41) is 3.12. The van der Waals surface area contributed by atoms with E-state index in [1.807, 2.05) is 0 Å². The lowest BCUT2D eigenvalue weighted by Gasteiger charge is -2.18. The molecule has 1 aromatic carbocycles. The van der Waals surface area contributed by atoms with Crippen molar-refractivity contribution in [2.75, 3.05) is 24.3 Å². The highest BCUT2D eigenvalue weighted by Gasteiger charge is 2.19. The van der Waals surface area contributed by atoms with E-state index in [1.54, 1.807) is 19.1 Å². The van der Waals surface area contributed by atoms with Gasteiger partial charge in [-0.2, -0.15) is 0 Å². The molecule has 0 bridgehead atoms.